The highest BCUT2D eigenvalue weighted by Crippen LogP contribution is 2.15. The normalized spacial score (nSPS) is 20.1. The van der Waals surface area contributed by atoms with Gasteiger partial charge in [-0.2, -0.15) is 5.26 Å². The van der Waals surface area contributed by atoms with E-state index in [1.165, 1.54) is 0 Å². The Kier molecular flexibility index (Phi) is 4.59. The Labute approximate surface area is 118 Å². The molecule has 1 aliphatic rings. The van der Waals surface area contributed by atoms with Crippen LogP contribution in [-0.2, 0) is 9.53 Å². The van der Waals surface area contributed by atoms with Crippen LogP contribution in [-0.4, -0.2) is 42.7 Å². The summed E-state index contributed by atoms with van der Waals surface area (Å²) in [5.74, 6) is 0.552. The predicted molar refractivity (Wildman–Crippen MR) is 73.2 cm³/mol. The molecule has 1 aromatic carbocycles. The van der Waals surface area contributed by atoms with Crippen molar-refractivity contribution < 1.29 is 14.3 Å². The highest BCUT2D eigenvalue weighted by atomic mass is 16.5. The number of hydrogen-bond acceptors (Lipinski definition) is 4. The van der Waals surface area contributed by atoms with Crippen LogP contribution in [0.15, 0.2) is 24.3 Å². The first-order chi connectivity index (χ1) is 9.60. The molecule has 0 aliphatic carbocycles. The first-order valence-electron chi connectivity index (χ1n) is 6.67. The zero-order valence-electron chi connectivity index (χ0n) is 11.7. The van der Waals surface area contributed by atoms with Crippen LogP contribution in [0.5, 0.6) is 5.75 Å². The summed E-state index contributed by atoms with van der Waals surface area (Å²) in [6.45, 7) is 5.45. The van der Waals surface area contributed by atoms with Gasteiger partial charge in [0.1, 0.15) is 5.75 Å². The predicted octanol–water partition coefficient (Wildman–Crippen LogP) is 1.57. The molecule has 0 bridgehead atoms. The molecule has 0 saturated carbocycles. The van der Waals surface area contributed by atoms with E-state index in [1.807, 2.05) is 13.0 Å². The highest BCUT2D eigenvalue weighted by molar-refractivity contribution is 5.81. The Morgan fingerprint density at radius 3 is 2.80 bits per heavy atom. The summed E-state index contributed by atoms with van der Waals surface area (Å²) in [5, 5.41) is 8.73. The van der Waals surface area contributed by atoms with Crippen molar-refractivity contribution in [2.45, 2.75) is 26.1 Å². The molecule has 2 rings (SSSR count). The molecule has 106 valence electrons. The SMILES string of the molecule is CC1CN(C(=O)C(C)Oc2ccc(C#N)cc2)CCO1. The van der Waals surface area contributed by atoms with Crippen molar-refractivity contribution in [1.82, 2.24) is 4.90 Å². The number of carbonyl (C=O) groups is 1. The van der Waals surface area contributed by atoms with Crippen molar-refractivity contribution in [3.05, 3.63) is 29.8 Å². The summed E-state index contributed by atoms with van der Waals surface area (Å²) in [7, 11) is 0. The minimum atomic E-state index is -0.548. The van der Waals surface area contributed by atoms with Crippen molar-refractivity contribution in [3.8, 4) is 11.8 Å². The van der Waals surface area contributed by atoms with E-state index in [0.29, 0.717) is 31.0 Å². The van der Waals surface area contributed by atoms with Crippen LogP contribution < -0.4 is 4.74 Å². The molecule has 1 aromatic rings. The number of nitrogens with zero attached hydrogens (tertiary/aromatic N) is 2. The van der Waals surface area contributed by atoms with Gasteiger partial charge in [0, 0.05) is 13.1 Å². The average molecular weight is 274 g/mol. The molecule has 1 amide bonds. The largest absolute Gasteiger partial charge is 0.481 e. The fourth-order valence-corrected chi connectivity index (χ4v) is 2.14. The lowest BCUT2D eigenvalue weighted by atomic mass is 10.2. The second kappa shape index (κ2) is 6.40. The van der Waals surface area contributed by atoms with Crippen LogP contribution in [0.3, 0.4) is 0 Å². The summed E-state index contributed by atoms with van der Waals surface area (Å²) >= 11 is 0. The Morgan fingerprint density at radius 2 is 2.20 bits per heavy atom. The highest BCUT2D eigenvalue weighted by Gasteiger charge is 2.26. The third-order valence-corrected chi connectivity index (χ3v) is 3.20. The van der Waals surface area contributed by atoms with Crippen molar-refractivity contribution >= 4 is 5.91 Å². The maximum absolute atomic E-state index is 12.3. The van der Waals surface area contributed by atoms with E-state index in [4.69, 9.17) is 14.7 Å². The number of nitriles is 1. The van der Waals surface area contributed by atoms with Crippen molar-refractivity contribution in [3.63, 3.8) is 0 Å². The number of amides is 1. The number of rotatable bonds is 3. The van der Waals surface area contributed by atoms with Gasteiger partial charge in [0.2, 0.25) is 0 Å². The monoisotopic (exact) mass is 274 g/mol. The zero-order valence-corrected chi connectivity index (χ0v) is 11.7. The van der Waals surface area contributed by atoms with Gasteiger partial charge < -0.3 is 14.4 Å². The summed E-state index contributed by atoms with van der Waals surface area (Å²) in [5.41, 5.74) is 0.568. The first-order valence-corrected chi connectivity index (χ1v) is 6.67. The maximum Gasteiger partial charge on any atom is 0.263 e. The zero-order chi connectivity index (χ0) is 14.5. The van der Waals surface area contributed by atoms with E-state index >= 15 is 0 Å². The smallest absolute Gasteiger partial charge is 0.263 e. The lowest BCUT2D eigenvalue weighted by molar-refractivity contribution is -0.144. The van der Waals surface area contributed by atoms with Gasteiger partial charge in [0.15, 0.2) is 6.10 Å². The molecule has 0 aromatic heterocycles. The number of carbonyl (C=O) groups excluding carboxylic acids is 1. The molecule has 1 saturated heterocycles. The van der Waals surface area contributed by atoms with Gasteiger partial charge in [-0.1, -0.05) is 0 Å². The summed E-state index contributed by atoms with van der Waals surface area (Å²) in [6, 6.07) is 8.78. The molecule has 5 heteroatoms. The minimum Gasteiger partial charge on any atom is -0.481 e. The molecular formula is C15H18N2O3. The van der Waals surface area contributed by atoms with E-state index in [9.17, 15) is 4.79 Å². The minimum absolute atomic E-state index is 0.0375. The van der Waals surface area contributed by atoms with Crippen LogP contribution in [0.25, 0.3) is 0 Å². The third kappa shape index (κ3) is 3.49. The number of morpholine rings is 1. The van der Waals surface area contributed by atoms with Gasteiger partial charge in [-0.25, -0.2) is 0 Å². The summed E-state index contributed by atoms with van der Waals surface area (Å²) in [6.07, 6.45) is -0.483. The van der Waals surface area contributed by atoms with Gasteiger partial charge in [-0.3, -0.25) is 4.79 Å². The first kappa shape index (κ1) is 14.4. The van der Waals surface area contributed by atoms with Crippen LogP contribution in [0.2, 0.25) is 0 Å². The Hall–Kier alpha value is -2.06. The molecule has 2 atom stereocenters. The molecule has 1 aliphatic heterocycles. The molecule has 5 nitrogen and oxygen atoms in total. The van der Waals surface area contributed by atoms with E-state index in [0.717, 1.165) is 0 Å². The van der Waals surface area contributed by atoms with Crippen molar-refractivity contribution in [2.24, 2.45) is 0 Å². The Bertz CT molecular complexity index is 507. The quantitative estimate of drug-likeness (QED) is 0.839. The molecule has 1 heterocycles. The lowest BCUT2D eigenvalue weighted by Gasteiger charge is -2.32. The molecular weight excluding hydrogens is 256 g/mol. The van der Waals surface area contributed by atoms with Gasteiger partial charge in [0.25, 0.3) is 5.91 Å². The average Bonchev–Trinajstić information content (AvgIpc) is 2.47. The van der Waals surface area contributed by atoms with Gasteiger partial charge in [-0.15, -0.1) is 0 Å². The topological polar surface area (TPSA) is 62.6 Å². The van der Waals surface area contributed by atoms with Crippen LogP contribution in [0.1, 0.15) is 19.4 Å². The Morgan fingerprint density at radius 1 is 1.50 bits per heavy atom. The van der Waals surface area contributed by atoms with Gasteiger partial charge in [0.05, 0.1) is 24.3 Å². The van der Waals surface area contributed by atoms with Crippen molar-refractivity contribution in [2.75, 3.05) is 19.7 Å². The van der Waals surface area contributed by atoms with Crippen LogP contribution in [0.4, 0.5) is 0 Å². The number of benzene rings is 1. The maximum atomic E-state index is 12.3. The molecule has 20 heavy (non-hydrogen) atoms. The molecule has 0 radical (unpaired) electrons. The fraction of sp³-hybridized carbons (Fsp3) is 0.467. The standard InChI is InChI=1S/C15H18N2O3/c1-11-10-17(7-8-19-11)15(18)12(2)20-14-5-3-13(9-16)4-6-14/h3-6,11-12H,7-8,10H2,1-2H3. The van der Waals surface area contributed by atoms with E-state index < -0.39 is 6.10 Å². The number of hydrogen-bond donors (Lipinski definition) is 0. The van der Waals surface area contributed by atoms with Crippen LogP contribution >= 0.6 is 0 Å². The Balaban J connectivity index is 1.94. The van der Waals surface area contributed by atoms with E-state index in [2.05, 4.69) is 0 Å². The molecule has 0 N–H and O–H groups in total. The summed E-state index contributed by atoms with van der Waals surface area (Å²) in [4.78, 5) is 14.0. The molecule has 2 unspecified atom stereocenters. The summed E-state index contributed by atoms with van der Waals surface area (Å²) < 4.78 is 11.0. The molecule has 0 spiro atoms. The van der Waals surface area contributed by atoms with Crippen molar-refractivity contribution in [1.29, 1.82) is 5.26 Å². The number of ether oxygens (including phenoxy) is 2. The molecule has 1 fully saturated rings. The second-order valence-corrected chi connectivity index (χ2v) is 4.86. The fourth-order valence-electron chi connectivity index (χ4n) is 2.14. The lowest BCUT2D eigenvalue weighted by Crippen LogP contribution is -2.49. The van der Waals surface area contributed by atoms with E-state index in [-0.39, 0.29) is 12.0 Å². The second-order valence-electron chi connectivity index (χ2n) is 4.86. The van der Waals surface area contributed by atoms with Gasteiger partial charge in [-0.05, 0) is 38.1 Å². The van der Waals surface area contributed by atoms with E-state index in [1.54, 1.807) is 36.1 Å². The van der Waals surface area contributed by atoms with Crippen LogP contribution in [0, 0.1) is 11.3 Å². The van der Waals surface area contributed by atoms with Gasteiger partial charge >= 0.3 is 0 Å². The third-order valence-electron chi connectivity index (χ3n) is 3.20.